The molecule has 1 fully saturated rings. The number of hydrogen-bond donors (Lipinski definition) is 2. The number of nitrogens with one attached hydrogen (secondary N) is 2. The Bertz CT molecular complexity index is 832. The zero-order valence-electron chi connectivity index (χ0n) is 15.3. The molecule has 5 nitrogen and oxygen atoms in total. The van der Waals surface area contributed by atoms with E-state index in [-0.39, 0.29) is 23.7 Å². The van der Waals surface area contributed by atoms with Gasteiger partial charge in [0.05, 0.1) is 18.9 Å². The van der Waals surface area contributed by atoms with Crippen LogP contribution in [0, 0.1) is 25.7 Å². The minimum atomic E-state index is -0.256. The van der Waals surface area contributed by atoms with E-state index in [0.717, 1.165) is 28.1 Å². The molecular formula is C21H24N2O3. The molecule has 1 saturated carbocycles. The number of anilines is 1. The van der Waals surface area contributed by atoms with Crippen molar-refractivity contribution in [3.05, 3.63) is 59.2 Å². The number of methoxy groups -OCH3 is 1. The number of para-hydroxylation sites is 1. The summed E-state index contributed by atoms with van der Waals surface area (Å²) in [5, 5.41) is 5.84. The molecule has 0 radical (unpaired) electrons. The summed E-state index contributed by atoms with van der Waals surface area (Å²) in [5.41, 5.74) is 3.90. The maximum absolute atomic E-state index is 12.4. The second-order valence-electron chi connectivity index (χ2n) is 6.79. The standard InChI is InChI=1S/C21H24N2O3/c1-13-8-9-18(14(2)10-13)23-21(25)17-11-16(17)20(24)22-12-15-6-4-5-7-19(15)26-3/h4-10,16-17H,11-12H2,1-3H3,(H,22,24)(H,23,25). The van der Waals surface area contributed by atoms with Crippen LogP contribution in [0.2, 0.25) is 0 Å². The normalized spacial score (nSPS) is 18.1. The maximum atomic E-state index is 12.4. The van der Waals surface area contributed by atoms with Crippen LogP contribution in [0.4, 0.5) is 5.69 Å². The van der Waals surface area contributed by atoms with Crippen LogP contribution in [-0.2, 0) is 16.1 Å². The second-order valence-corrected chi connectivity index (χ2v) is 6.79. The van der Waals surface area contributed by atoms with Crippen molar-refractivity contribution in [1.29, 1.82) is 0 Å². The van der Waals surface area contributed by atoms with E-state index < -0.39 is 0 Å². The third-order valence-electron chi connectivity index (χ3n) is 4.75. The zero-order chi connectivity index (χ0) is 18.7. The van der Waals surface area contributed by atoms with Gasteiger partial charge in [-0.3, -0.25) is 9.59 Å². The second kappa shape index (κ2) is 7.60. The Morgan fingerprint density at radius 1 is 1.08 bits per heavy atom. The number of carbonyl (C=O) groups excluding carboxylic acids is 2. The van der Waals surface area contributed by atoms with Crippen molar-refractivity contribution >= 4 is 17.5 Å². The summed E-state index contributed by atoms with van der Waals surface area (Å²) in [6.07, 6.45) is 0.592. The van der Waals surface area contributed by atoms with Gasteiger partial charge >= 0.3 is 0 Å². The summed E-state index contributed by atoms with van der Waals surface area (Å²) >= 11 is 0. The van der Waals surface area contributed by atoms with Gasteiger partial charge in [-0.25, -0.2) is 0 Å². The molecule has 2 unspecified atom stereocenters. The molecule has 0 aliphatic heterocycles. The van der Waals surface area contributed by atoms with E-state index in [1.54, 1.807) is 7.11 Å². The van der Waals surface area contributed by atoms with Crippen molar-refractivity contribution in [2.24, 2.45) is 11.8 Å². The summed E-state index contributed by atoms with van der Waals surface area (Å²) < 4.78 is 5.28. The highest BCUT2D eigenvalue weighted by Crippen LogP contribution is 2.39. The Morgan fingerprint density at radius 3 is 2.54 bits per heavy atom. The molecule has 0 spiro atoms. The first-order valence-electron chi connectivity index (χ1n) is 8.77. The monoisotopic (exact) mass is 352 g/mol. The average Bonchev–Trinajstić information content (AvgIpc) is 3.43. The van der Waals surface area contributed by atoms with Crippen molar-refractivity contribution in [3.63, 3.8) is 0 Å². The fourth-order valence-electron chi connectivity index (χ4n) is 3.12. The predicted molar refractivity (Wildman–Crippen MR) is 101 cm³/mol. The van der Waals surface area contributed by atoms with E-state index in [0.29, 0.717) is 13.0 Å². The van der Waals surface area contributed by atoms with Crippen LogP contribution in [0.1, 0.15) is 23.1 Å². The molecule has 0 bridgehead atoms. The van der Waals surface area contributed by atoms with E-state index >= 15 is 0 Å². The van der Waals surface area contributed by atoms with E-state index in [4.69, 9.17) is 4.74 Å². The van der Waals surface area contributed by atoms with Crippen LogP contribution in [0.25, 0.3) is 0 Å². The van der Waals surface area contributed by atoms with Crippen molar-refractivity contribution < 1.29 is 14.3 Å². The number of benzene rings is 2. The highest BCUT2D eigenvalue weighted by molar-refractivity contribution is 5.99. The van der Waals surface area contributed by atoms with Gasteiger partial charge in [0.1, 0.15) is 5.75 Å². The molecule has 5 heteroatoms. The molecule has 0 aromatic heterocycles. The molecule has 3 rings (SSSR count). The Kier molecular flexibility index (Phi) is 5.26. The first-order chi connectivity index (χ1) is 12.5. The molecule has 1 aliphatic rings. The Hall–Kier alpha value is -2.82. The lowest BCUT2D eigenvalue weighted by atomic mass is 10.1. The smallest absolute Gasteiger partial charge is 0.228 e. The van der Waals surface area contributed by atoms with Crippen molar-refractivity contribution in [2.75, 3.05) is 12.4 Å². The van der Waals surface area contributed by atoms with Crippen LogP contribution in [0.3, 0.4) is 0 Å². The summed E-state index contributed by atoms with van der Waals surface area (Å²) in [7, 11) is 1.61. The Balaban J connectivity index is 1.52. The Morgan fingerprint density at radius 2 is 1.81 bits per heavy atom. The molecule has 2 amide bonds. The van der Waals surface area contributed by atoms with Crippen LogP contribution in [-0.4, -0.2) is 18.9 Å². The molecule has 1 aliphatic carbocycles. The topological polar surface area (TPSA) is 67.4 Å². The van der Waals surface area contributed by atoms with E-state index in [2.05, 4.69) is 10.6 Å². The first-order valence-corrected chi connectivity index (χ1v) is 8.77. The van der Waals surface area contributed by atoms with Crippen LogP contribution in [0.15, 0.2) is 42.5 Å². The maximum Gasteiger partial charge on any atom is 0.228 e. The minimum Gasteiger partial charge on any atom is -0.496 e. The van der Waals surface area contributed by atoms with Crippen molar-refractivity contribution in [3.8, 4) is 5.75 Å². The molecule has 2 aromatic carbocycles. The Labute approximate surface area is 153 Å². The predicted octanol–water partition coefficient (Wildman–Crippen LogP) is 3.20. The lowest BCUT2D eigenvalue weighted by Crippen LogP contribution is -2.27. The molecule has 2 aromatic rings. The highest BCUT2D eigenvalue weighted by atomic mass is 16.5. The van der Waals surface area contributed by atoms with Crippen LogP contribution in [0.5, 0.6) is 5.75 Å². The van der Waals surface area contributed by atoms with E-state index in [1.165, 1.54) is 0 Å². The van der Waals surface area contributed by atoms with Gasteiger partial charge < -0.3 is 15.4 Å². The fourth-order valence-corrected chi connectivity index (χ4v) is 3.12. The number of amides is 2. The van der Waals surface area contributed by atoms with Crippen molar-refractivity contribution in [1.82, 2.24) is 5.32 Å². The minimum absolute atomic E-state index is 0.0864. The third kappa shape index (κ3) is 4.04. The number of hydrogen-bond acceptors (Lipinski definition) is 3. The number of carbonyl (C=O) groups is 2. The highest BCUT2D eigenvalue weighted by Gasteiger charge is 2.48. The first kappa shape index (κ1) is 18.0. The van der Waals surface area contributed by atoms with Gasteiger partial charge in [0, 0.05) is 17.8 Å². The summed E-state index contributed by atoms with van der Waals surface area (Å²) in [6, 6.07) is 13.5. The SMILES string of the molecule is COc1ccccc1CNC(=O)C1CC1C(=O)Nc1ccc(C)cc1C. The number of rotatable bonds is 6. The van der Waals surface area contributed by atoms with Gasteiger partial charge in [0.15, 0.2) is 0 Å². The molecule has 0 heterocycles. The number of aryl methyl sites for hydroxylation is 2. The van der Waals surface area contributed by atoms with Gasteiger partial charge in [0.25, 0.3) is 0 Å². The molecule has 2 N–H and O–H groups in total. The largest absolute Gasteiger partial charge is 0.496 e. The van der Waals surface area contributed by atoms with Gasteiger partial charge in [-0.2, -0.15) is 0 Å². The average molecular weight is 352 g/mol. The van der Waals surface area contributed by atoms with Crippen LogP contribution < -0.4 is 15.4 Å². The van der Waals surface area contributed by atoms with E-state index in [1.807, 2.05) is 56.3 Å². The number of ether oxygens (including phenoxy) is 1. The zero-order valence-corrected chi connectivity index (χ0v) is 15.3. The lowest BCUT2D eigenvalue weighted by molar-refractivity contribution is -0.125. The van der Waals surface area contributed by atoms with Crippen molar-refractivity contribution in [2.45, 2.75) is 26.8 Å². The molecular weight excluding hydrogens is 328 g/mol. The quantitative estimate of drug-likeness (QED) is 0.839. The molecule has 26 heavy (non-hydrogen) atoms. The van der Waals surface area contributed by atoms with Crippen LogP contribution >= 0.6 is 0 Å². The third-order valence-corrected chi connectivity index (χ3v) is 4.75. The van der Waals surface area contributed by atoms with Gasteiger partial charge in [-0.05, 0) is 38.0 Å². The molecule has 0 saturated heterocycles. The van der Waals surface area contributed by atoms with Gasteiger partial charge in [-0.1, -0.05) is 35.9 Å². The summed E-state index contributed by atoms with van der Waals surface area (Å²) in [6.45, 7) is 4.37. The van der Waals surface area contributed by atoms with E-state index in [9.17, 15) is 9.59 Å². The van der Waals surface area contributed by atoms with Gasteiger partial charge in [0.2, 0.25) is 11.8 Å². The summed E-state index contributed by atoms with van der Waals surface area (Å²) in [4.78, 5) is 24.7. The lowest BCUT2D eigenvalue weighted by Gasteiger charge is -2.10. The van der Waals surface area contributed by atoms with Gasteiger partial charge in [-0.15, -0.1) is 0 Å². The summed E-state index contributed by atoms with van der Waals surface area (Å²) in [5.74, 6) is 0.0580. The molecule has 136 valence electrons. The fraction of sp³-hybridized carbons (Fsp3) is 0.333. The molecule has 2 atom stereocenters.